The first kappa shape index (κ1) is 8.98. The highest BCUT2D eigenvalue weighted by Crippen LogP contribution is 2.15. The Balaban J connectivity index is 2.88. The number of allylic oxidation sites excluding steroid dienone is 2. The number of hydrogen-bond acceptors (Lipinski definition) is 1. The average molecular weight is 161 g/mol. The van der Waals surface area contributed by atoms with Crippen LogP contribution in [0.4, 0.5) is 0 Å². The molecule has 0 N–H and O–H groups in total. The molecule has 1 nitrogen and oxygen atoms in total. The minimum absolute atomic E-state index is 1.06. The standard InChI is InChI=1S/C11H15N/c1-3-7-10(4-2)11-8-5-6-9-12-11/h5-9H,3-4H2,1-2H3/b10-7-. The van der Waals surface area contributed by atoms with Crippen LogP contribution in [0, 0.1) is 0 Å². The molecule has 1 rings (SSSR count). The molecule has 0 atom stereocenters. The van der Waals surface area contributed by atoms with Gasteiger partial charge in [0.2, 0.25) is 0 Å². The van der Waals surface area contributed by atoms with Gasteiger partial charge in [0.05, 0.1) is 5.69 Å². The molecule has 1 heteroatoms. The van der Waals surface area contributed by atoms with Crippen LogP contribution < -0.4 is 0 Å². The SMILES string of the molecule is CC/C=C(/CC)c1ccccn1. The number of pyridine rings is 1. The summed E-state index contributed by atoms with van der Waals surface area (Å²) in [6, 6.07) is 6.04. The fraction of sp³-hybridized carbons (Fsp3) is 0.364. The molecule has 0 aliphatic rings. The summed E-state index contributed by atoms with van der Waals surface area (Å²) in [6.07, 6.45) is 6.22. The first-order valence-electron chi connectivity index (χ1n) is 4.49. The predicted molar refractivity (Wildman–Crippen MR) is 52.8 cm³/mol. The molecule has 12 heavy (non-hydrogen) atoms. The van der Waals surface area contributed by atoms with Gasteiger partial charge in [0.25, 0.3) is 0 Å². The molecule has 1 aromatic rings. The lowest BCUT2D eigenvalue weighted by Gasteiger charge is -2.01. The molecule has 0 aromatic carbocycles. The van der Waals surface area contributed by atoms with Crippen LogP contribution in [0.5, 0.6) is 0 Å². The van der Waals surface area contributed by atoms with Crippen LogP contribution in [-0.2, 0) is 0 Å². The largest absolute Gasteiger partial charge is 0.257 e. The van der Waals surface area contributed by atoms with Crippen molar-refractivity contribution in [3.05, 3.63) is 36.2 Å². The maximum Gasteiger partial charge on any atom is 0.0658 e. The quantitative estimate of drug-likeness (QED) is 0.663. The van der Waals surface area contributed by atoms with Gasteiger partial charge in [-0.3, -0.25) is 4.98 Å². The Hall–Kier alpha value is -1.11. The normalized spacial score (nSPS) is 11.7. The Labute approximate surface area is 74.2 Å². The number of hydrogen-bond donors (Lipinski definition) is 0. The number of aromatic nitrogens is 1. The molecule has 1 aromatic heterocycles. The zero-order chi connectivity index (χ0) is 8.81. The molecule has 0 amide bonds. The van der Waals surface area contributed by atoms with Crippen molar-refractivity contribution in [3.8, 4) is 0 Å². The van der Waals surface area contributed by atoms with E-state index < -0.39 is 0 Å². The van der Waals surface area contributed by atoms with Gasteiger partial charge in [0.15, 0.2) is 0 Å². The lowest BCUT2D eigenvalue weighted by atomic mass is 10.1. The van der Waals surface area contributed by atoms with E-state index in [0.717, 1.165) is 18.5 Å². The smallest absolute Gasteiger partial charge is 0.0658 e. The van der Waals surface area contributed by atoms with E-state index >= 15 is 0 Å². The molecular weight excluding hydrogens is 146 g/mol. The molecule has 0 spiro atoms. The highest BCUT2D eigenvalue weighted by molar-refractivity contribution is 5.61. The van der Waals surface area contributed by atoms with Gasteiger partial charge in [-0.2, -0.15) is 0 Å². The van der Waals surface area contributed by atoms with Crippen LogP contribution >= 0.6 is 0 Å². The zero-order valence-electron chi connectivity index (χ0n) is 7.75. The molecule has 0 saturated heterocycles. The molecular formula is C11H15N. The van der Waals surface area contributed by atoms with E-state index in [1.54, 1.807) is 0 Å². The summed E-state index contributed by atoms with van der Waals surface area (Å²) >= 11 is 0. The highest BCUT2D eigenvalue weighted by Gasteiger charge is 1.96. The Bertz CT molecular complexity index is 249. The molecule has 0 saturated carbocycles. The van der Waals surface area contributed by atoms with Gasteiger partial charge in [-0.1, -0.05) is 26.0 Å². The van der Waals surface area contributed by atoms with Crippen molar-refractivity contribution >= 4 is 5.57 Å². The van der Waals surface area contributed by atoms with Crippen molar-refractivity contribution in [2.75, 3.05) is 0 Å². The molecule has 0 fully saturated rings. The summed E-state index contributed by atoms with van der Waals surface area (Å²) in [4.78, 5) is 4.30. The fourth-order valence-electron chi connectivity index (χ4n) is 1.23. The Kier molecular flexibility index (Phi) is 3.52. The fourth-order valence-corrected chi connectivity index (χ4v) is 1.23. The molecule has 0 aliphatic carbocycles. The Morgan fingerprint density at radius 2 is 2.25 bits per heavy atom. The summed E-state index contributed by atoms with van der Waals surface area (Å²) in [5, 5.41) is 0. The maximum atomic E-state index is 4.30. The van der Waals surface area contributed by atoms with Crippen molar-refractivity contribution < 1.29 is 0 Å². The first-order valence-corrected chi connectivity index (χ1v) is 4.49. The van der Waals surface area contributed by atoms with Crippen LogP contribution in [0.25, 0.3) is 5.57 Å². The van der Waals surface area contributed by atoms with E-state index in [9.17, 15) is 0 Å². The van der Waals surface area contributed by atoms with E-state index in [1.807, 2.05) is 18.3 Å². The van der Waals surface area contributed by atoms with Crippen LogP contribution in [0.2, 0.25) is 0 Å². The van der Waals surface area contributed by atoms with Crippen LogP contribution in [0.3, 0.4) is 0 Å². The second-order valence-corrected chi connectivity index (χ2v) is 2.71. The molecule has 0 aliphatic heterocycles. The van der Waals surface area contributed by atoms with Gasteiger partial charge < -0.3 is 0 Å². The topological polar surface area (TPSA) is 12.9 Å². The summed E-state index contributed by atoms with van der Waals surface area (Å²) in [5.74, 6) is 0. The highest BCUT2D eigenvalue weighted by atomic mass is 14.7. The third-order valence-corrected chi connectivity index (χ3v) is 1.83. The molecule has 0 unspecified atom stereocenters. The van der Waals surface area contributed by atoms with E-state index in [1.165, 1.54) is 5.57 Å². The number of rotatable bonds is 3. The van der Waals surface area contributed by atoms with Gasteiger partial charge in [-0.15, -0.1) is 0 Å². The van der Waals surface area contributed by atoms with Gasteiger partial charge in [0, 0.05) is 6.20 Å². The molecule has 1 heterocycles. The van der Waals surface area contributed by atoms with Crippen LogP contribution in [0.1, 0.15) is 32.4 Å². The van der Waals surface area contributed by atoms with Gasteiger partial charge in [0.1, 0.15) is 0 Å². The molecule has 64 valence electrons. The predicted octanol–water partition coefficient (Wildman–Crippen LogP) is 3.29. The average Bonchev–Trinajstić information content (AvgIpc) is 2.15. The lowest BCUT2D eigenvalue weighted by Crippen LogP contribution is -1.86. The van der Waals surface area contributed by atoms with Crippen molar-refractivity contribution in [1.29, 1.82) is 0 Å². The Morgan fingerprint density at radius 1 is 1.42 bits per heavy atom. The minimum Gasteiger partial charge on any atom is -0.257 e. The van der Waals surface area contributed by atoms with E-state index in [-0.39, 0.29) is 0 Å². The second kappa shape index (κ2) is 4.70. The van der Waals surface area contributed by atoms with Gasteiger partial charge >= 0.3 is 0 Å². The van der Waals surface area contributed by atoms with Crippen molar-refractivity contribution in [2.24, 2.45) is 0 Å². The van der Waals surface area contributed by atoms with Gasteiger partial charge in [-0.05, 0) is 30.5 Å². The second-order valence-electron chi connectivity index (χ2n) is 2.71. The third kappa shape index (κ3) is 2.19. The van der Waals surface area contributed by atoms with Crippen molar-refractivity contribution in [3.63, 3.8) is 0 Å². The lowest BCUT2D eigenvalue weighted by molar-refractivity contribution is 1.14. The van der Waals surface area contributed by atoms with E-state index in [0.29, 0.717) is 0 Å². The Morgan fingerprint density at radius 3 is 2.75 bits per heavy atom. The zero-order valence-corrected chi connectivity index (χ0v) is 7.75. The van der Waals surface area contributed by atoms with Crippen LogP contribution in [0.15, 0.2) is 30.5 Å². The monoisotopic (exact) mass is 161 g/mol. The van der Waals surface area contributed by atoms with E-state index in [2.05, 4.69) is 31.0 Å². The maximum absolute atomic E-state index is 4.30. The summed E-state index contributed by atoms with van der Waals surface area (Å²) in [5.41, 5.74) is 2.46. The first-order chi connectivity index (χ1) is 5.88. The summed E-state index contributed by atoms with van der Waals surface area (Å²) in [7, 11) is 0. The summed E-state index contributed by atoms with van der Waals surface area (Å²) in [6.45, 7) is 4.31. The van der Waals surface area contributed by atoms with Crippen LogP contribution in [-0.4, -0.2) is 4.98 Å². The third-order valence-electron chi connectivity index (χ3n) is 1.83. The van der Waals surface area contributed by atoms with Gasteiger partial charge in [-0.25, -0.2) is 0 Å². The minimum atomic E-state index is 1.06. The van der Waals surface area contributed by atoms with Crippen molar-refractivity contribution in [2.45, 2.75) is 26.7 Å². The molecule has 0 bridgehead atoms. The van der Waals surface area contributed by atoms with E-state index in [4.69, 9.17) is 0 Å². The number of nitrogens with zero attached hydrogens (tertiary/aromatic N) is 1. The molecule has 0 radical (unpaired) electrons. The van der Waals surface area contributed by atoms with Crippen molar-refractivity contribution in [1.82, 2.24) is 4.98 Å². The summed E-state index contributed by atoms with van der Waals surface area (Å²) < 4.78 is 0.